The summed E-state index contributed by atoms with van der Waals surface area (Å²) >= 11 is 0. The van der Waals surface area contributed by atoms with Crippen LogP contribution in [-0.2, 0) is 17.9 Å². The van der Waals surface area contributed by atoms with E-state index in [1.54, 1.807) is 6.20 Å². The Morgan fingerprint density at radius 1 is 1.43 bits per heavy atom. The molecule has 1 aliphatic heterocycles. The number of hydrogen-bond donors (Lipinski definition) is 2. The highest BCUT2D eigenvalue weighted by molar-refractivity contribution is 5.95. The molecule has 1 aromatic heterocycles. The third-order valence-electron chi connectivity index (χ3n) is 3.31. The number of carbonyl (C=O) groups excluding carboxylic acids is 1. The molecule has 2 heterocycles. The van der Waals surface area contributed by atoms with E-state index < -0.39 is 0 Å². The van der Waals surface area contributed by atoms with E-state index in [1.165, 1.54) is 0 Å². The highest BCUT2D eigenvalue weighted by atomic mass is 16.5. The van der Waals surface area contributed by atoms with E-state index in [2.05, 4.69) is 15.7 Å². The smallest absolute Gasteiger partial charge is 0.262 e. The number of fused-ring (bicyclic) bond motifs is 1. The van der Waals surface area contributed by atoms with Gasteiger partial charge in [0.2, 0.25) is 0 Å². The second kappa shape index (κ2) is 6.41. The van der Waals surface area contributed by atoms with Gasteiger partial charge in [0.15, 0.2) is 6.61 Å². The van der Waals surface area contributed by atoms with Gasteiger partial charge in [-0.15, -0.1) is 0 Å². The standard InChI is InChI=1S/C15H18N4O2/c20-15-11-21-14-4-3-12(9-13(14)18-15)10-16-5-1-7-19-8-2-6-17-19/h2-4,6,8-9,16H,1,5,7,10-11H2,(H,18,20). The average Bonchev–Trinajstić information content (AvgIpc) is 3.00. The Bertz CT molecular complexity index is 610. The molecule has 0 atom stereocenters. The van der Waals surface area contributed by atoms with Crippen molar-refractivity contribution in [3.05, 3.63) is 42.2 Å². The highest BCUT2D eigenvalue weighted by Crippen LogP contribution is 2.28. The lowest BCUT2D eigenvalue weighted by molar-refractivity contribution is -0.118. The number of carbonyl (C=O) groups is 1. The topological polar surface area (TPSA) is 68.2 Å². The normalized spacial score (nSPS) is 13.4. The fourth-order valence-corrected chi connectivity index (χ4v) is 2.27. The van der Waals surface area contributed by atoms with Crippen LogP contribution in [0.2, 0.25) is 0 Å². The number of nitrogens with one attached hydrogen (secondary N) is 2. The minimum absolute atomic E-state index is 0.0953. The summed E-state index contributed by atoms with van der Waals surface area (Å²) in [6, 6.07) is 7.79. The molecule has 1 aliphatic rings. The first-order valence-corrected chi connectivity index (χ1v) is 7.05. The van der Waals surface area contributed by atoms with Crippen LogP contribution in [0.3, 0.4) is 0 Å². The fraction of sp³-hybridized carbons (Fsp3) is 0.333. The zero-order valence-electron chi connectivity index (χ0n) is 11.7. The second-order valence-corrected chi connectivity index (χ2v) is 4.97. The highest BCUT2D eigenvalue weighted by Gasteiger charge is 2.15. The van der Waals surface area contributed by atoms with Gasteiger partial charge in [-0.25, -0.2) is 0 Å². The van der Waals surface area contributed by atoms with Crippen LogP contribution < -0.4 is 15.4 Å². The second-order valence-electron chi connectivity index (χ2n) is 4.97. The van der Waals surface area contributed by atoms with Crippen molar-refractivity contribution >= 4 is 11.6 Å². The van der Waals surface area contributed by atoms with Gasteiger partial charge in [-0.1, -0.05) is 6.07 Å². The lowest BCUT2D eigenvalue weighted by atomic mass is 10.1. The van der Waals surface area contributed by atoms with Gasteiger partial charge in [0.05, 0.1) is 5.69 Å². The van der Waals surface area contributed by atoms with E-state index >= 15 is 0 Å². The van der Waals surface area contributed by atoms with E-state index in [1.807, 2.05) is 35.1 Å². The van der Waals surface area contributed by atoms with Gasteiger partial charge < -0.3 is 15.4 Å². The summed E-state index contributed by atoms with van der Waals surface area (Å²) in [7, 11) is 0. The minimum Gasteiger partial charge on any atom is -0.482 e. The maximum atomic E-state index is 11.3. The summed E-state index contributed by atoms with van der Waals surface area (Å²) in [6.07, 6.45) is 4.77. The number of ether oxygens (including phenoxy) is 1. The van der Waals surface area contributed by atoms with Gasteiger partial charge >= 0.3 is 0 Å². The molecule has 0 saturated heterocycles. The zero-order valence-corrected chi connectivity index (χ0v) is 11.7. The summed E-state index contributed by atoms with van der Waals surface area (Å²) in [6.45, 7) is 2.69. The van der Waals surface area contributed by atoms with Crippen LogP contribution >= 0.6 is 0 Å². The molecule has 0 bridgehead atoms. The van der Waals surface area contributed by atoms with E-state index in [9.17, 15) is 4.79 Å². The van der Waals surface area contributed by atoms with Crippen molar-refractivity contribution in [3.8, 4) is 5.75 Å². The molecule has 2 aromatic rings. The van der Waals surface area contributed by atoms with Crippen molar-refractivity contribution in [2.75, 3.05) is 18.5 Å². The monoisotopic (exact) mass is 286 g/mol. The predicted molar refractivity (Wildman–Crippen MR) is 79.1 cm³/mol. The fourth-order valence-electron chi connectivity index (χ4n) is 2.27. The van der Waals surface area contributed by atoms with Crippen molar-refractivity contribution in [2.45, 2.75) is 19.5 Å². The Balaban J connectivity index is 1.45. The van der Waals surface area contributed by atoms with Crippen molar-refractivity contribution in [3.63, 3.8) is 0 Å². The number of aromatic nitrogens is 2. The Kier molecular flexibility index (Phi) is 4.16. The summed E-state index contributed by atoms with van der Waals surface area (Å²) in [4.78, 5) is 11.3. The van der Waals surface area contributed by atoms with Crippen LogP contribution in [0.4, 0.5) is 5.69 Å². The maximum absolute atomic E-state index is 11.3. The van der Waals surface area contributed by atoms with E-state index in [-0.39, 0.29) is 12.5 Å². The third kappa shape index (κ3) is 3.61. The lowest BCUT2D eigenvalue weighted by Crippen LogP contribution is -2.25. The van der Waals surface area contributed by atoms with Crippen LogP contribution in [0.5, 0.6) is 5.75 Å². The number of aryl methyl sites for hydroxylation is 1. The summed E-state index contributed by atoms with van der Waals surface area (Å²) < 4.78 is 7.26. The number of hydrogen-bond acceptors (Lipinski definition) is 4. The first-order valence-electron chi connectivity index (χ1n) is 7.05. The van der Waals surface area contributed by atoms with Crippen molar-refractivity contribution < 1.29 is 9.53 Å². The van der Waals surface area contributed by atoms with Crippen LogP contribution in [0, 0.1) is 0 Å². The van der Waals surface area contributed by atoms with Crippen LogP contribution in [0.15, 0.2) is 36.7 Å². The molecular formula is C15H18N4O2. The molecule has 0 fully saturated rings. The SMILES string of the molecule is O=C1COc2ccc(CNCCCn3cccn3)cc2N1. The van der Waals surface area contributed by atoms with Crippen molar-refractivity contribution in [2.24, 2.45) is 0 Å². The first kappa shape index (κ1) is 13.6. The molecule has 21 heavy (non-hydrogen) atoms. The molecule has 0 spiro atoms. The molecule has 0 saturated carbocycles. The first-order chi connectivity index (χ1) is 10.3. The summed E-state index contributed by atoms with van der Waals surface area (Å²) in [5.74, 6) is 0.629. The summed E-state index contributed by atoms with van der Waals surface area (Å²) in [5, 5.41) is 10.4. The zero-order chi connectivity index (χ0) is 14.5. The number of amides is 1. The Labute approximate surface area is 123 Å². The quantitative estimate of drug-likeness (QED) is 0.788. The van der Waals surface area contributed by atoms with Gasteiger partial charge in [0, 0.05) is 25.5 Å². The minimum atomic E-state index is -0.105. The molecule has 2 N–H and O–H groups in total. The number of nitrogens with zero attached hydrogens (tertiary/aromatic N) is 2. The molecule has 0 unspecified atom stereocenters. The van der Waals surface area contributed by atoms with Crippen LogP contribution in [-0.4, -0.2) is 28.8 Å². The molecule has 0 aliphatic carbocycles. The number of anilines is 1. The largest absolute Gasteiger partial charge is 0.482 e. The van der Waals surface area contributed by atoms with E-state index in [0.29, 0.717) is 0 Å². The Hall–Kier alpha value is -2.34. The van der Waals surface area contributed by atoms with Crippen LogP contribution in [0.1, 0.15) is 12.0 Å². The number of benzene rings is 1. The van der Waals surface area contributed by atoms with Crippen LogP contribution in [0.25, 0.3) is 0 Å². The molecule has 1 amide bonds. The van der Waals surface area contributed by atoms with Gasteiger partial charge in [-0.05, 0) is 36.7 Å². The van der Waals surface area contributed by atoms with E-state index in [4.69, 9.17) is 4.74 Å². The molecule has 3 rings (SSSR count). The average molecular weight is 286 g/mol. The molecule has 1 aromatic carbocycles. The predicted octanol–water partition coefficient (Wildman–Crippen LogP) is 1.39. The molecular weight excluding hydrogens is 268 g/mol. The number of rotatable bonds is 6. The molecule has 110 valence electrons. The Morgan fingerprint density at radius 2 is 2.38 bits per heavy atom. The summed E-state index contributed by atoms with van der Waals surface area (Å²) in [5.41, 5.74) is 1.88. The molecule has 6 heteroatoms. The molecule has 6 nitrogen and oxygen atoms in total. The van der Waals surface area contributed by atoms with Gasteiger partial charge in [-0.2, -0.15) is 5.10 Å². The third-order valence-corrected chi connectivity index (χ3v) is 3.31. The van der Waals surface area contributed by atoms with Crippen molar-refractivity contribution in [1.29, 1.82) is 0 Å². The molecule has 0 radical (unpaired) electrons. The van der Waals surface area contributed by atoms with E-state index in [0.717, 1.165) is 43.1 Å². The van der Waals surface area contributed by atoms with Gasteiger partial charge in [-0.3, -0.25) is 9.48 Å². The lowest BCUT2D eigenvalue weighted by Gasteiger charge is -2.18. The van der Waals surface area contributed by atoms with Gasteiger partial charge in [0.1, 0.15) is 5.75 Å². The Morgan fingerprint density at radius 3 is 3.24 bits per heavy atom. The maximum Gasteiger partial charge on any atom is 0.262 e. The van der Waals surface area contributed by atoms with Gasteiger partial charge in [0.25, 0.3) is 5.91 Å². The van der Waals surface area contributed by atoms with Crippen molar-refractivity contribution in [1.82, 2.24) is 15.1 Å².